The molecule has 0 amide bonds. The number of hydrogen-bond acceptors (Lipinski definition) is 4. The van der Waals surface area contributed by atoms with Crippen LogP contribution in [0.25, 0.3) is 0 Å². The molecule has 21 heavy (non-hydrogen) atoms. The lowest BCUT2D eigenvalue weighted by molar-refractivity contribution is -0.139. The summed E-state index contributed by atoms with van der Waals surface area (Å²) in [5.41, 5.74) is 1.25. The Labute approximate surface area is 137 Å². The fourth-order valence-corrected chi connectivity index (χ4v) is 3.35. The molecule has 0 aliphatic rings. The minimum atomic E-state index is -0.195. The SMILES string of the molecule is COC(=O)Cc1ccc(CN[C@H](C)c2cccc(Br)c2)s1. The molecule has 0 saturated carbocycles. The van der Waals surface area contributed by atoms with E-state index < -0.39 is 0 Å². The van der Waals surface area contributed by atoms with Crippen LogP contribution in [0.4, 0.5) is 0 Å². The Kier molecular flexibility index (Phi) is 5.96. The molecule has 1 aromatic heterocycles. The molecule has 0 aliphatic heterocycles. The average Bonchev–Trinajstić information content (AvgIpc) is 2.92. The zero-order valence-electron chi connectivity index (χ0n) is 12.1. The molecule has 0 bridgehead atoms. The van der Waals surface area contributed by atoms with E-state index >= 15 is 0 Å². The Morgan fingerprint density at radius 3 is 2.81 bits per heavy atom. The Bertz CT molecular complexity index is 612. The Morgan fingerprint density at radius 1 is 1.33 bits per heavy atom. The third-order valence-corrected chi connectivity index (χ3v) is 4.77. The van der Waals surface area contributed by atoms with Gasteiger partial charge < -0.3 is 10.1 Å². The molecule has 3 nitrogen and oxygen atoms in total. The van der Waals surface area contributed by atoms with Crippen molar-refractivity contribution in [3.8, 4) is 0 Å². The van der Waals surface area contributed by atoms with Gasteiger partial charge in [-0.3, -0.25) is 4.79 Å². The molecular formula is C16H18BrNO2S. The van der Waals surface area contributed by atoms with Crippen molar-refractivity contribution in [2.75, 3.05) is 7.11 Å². The first-order valence-electron chi connectivity index (χ1n) is 6.71. The van der Waals surface area contributed by atoms with Gasteiger partial charge in [-0.15, -0.1) is 11.3 Å². The van der Waals surface area contributed by atoms with Crippen molar-refractivity contribution >= 4 is 33.2 Å². The van der Waals surface area contributed by atoms with Crippen molar-refractivity contribution in [2.24, 2.45) is 0 Å². The number of carbonyl (C=O) groups is 1. The van der Waals surface area contributed by atoms with E-state index in [1.54, 1.807) is 11.3 Å². The number of thiophene rings is 1. The highest BCUT2D eigenvalue weighted by atomic mass is 79.9. The van der Waals surface area contributed by atoms with Crippen LogP contribution < -0.4 is 5.32 Å². The summed E-state index contributed by atoms with van der Waals surface area (Å²) in [5, 5.41) is 3.50. The van der Waals surface area contributed by atoms with Crippen LogP contribution >= 0.6 is 27.3 Å². The summed E-state index contributed by atoms with van der Waals surface area (Å²) in [5.74, 6) is -0.195. The zero-order chi connectivity index (χ0) is 15.2. The van der Waals surface area contributed by atoms with Crippen molar-refractivity contribution in [2.45, 2.75) is 25.9 Å². The van der Waals surface area contributed by atoms with Crippen LogP contribution in [0.5, 0.6) is 0 Å². The second-order valence-corrected chi connectivity index (χ2v) is 6.95. The molecular weight excluding hydrogens is 350 g/mol. The zero-order valence-corrected chi connectivity index (χ0v) is 14.5. The van der Waals surface area contributed by atoms with Gasteiger partial charge in [0.05, 0.1) is 13.5 Å². The van der Waals surface area contributed by atoms with E-state index in [-0.39, 0.29) is 12.0 Å². The number of halogens is 1. The number of benzene rings is 1. The summed E-state index contributed by atoms with van der Waals surface area (Å²) in [4.78, 5) is 13.5. The van der Waals surface area contributed by atoms with Crippen molar-refractivity contribution in [3.63, 3.8) is 0 Å². The third kappa shape index (κ3) is 4.95. The summed E-state index contributed by atoms with van der Waals surface area (Å²) >= 11 is 5.13. The first-order valence-corrected chi connectivity index (χ1v) is 8.32. The van der Waals surface area contributed by atoms with Gasteiger partial charge in [-0.1, -0.05) is 28.1 Å². The molecule has 0 fully saturated rings. The largest absolute Gasteiger partial charge is 0.469 e. The topological polar surface area (TPSA) is 38.3 Å². The molecule has 112 valence electrons. The van der Waals surface area contributed by atoms with Gasteiger partial charge in [0, 0.05) is 26.8 Å². The predicted octanol–water partition coefficient (Wildman–Crippen LogP) is 4.08. The van der Waals surface area contributed by atoms with Crippen LogP contribution in [0, 0.1) is 0 Å². The normalized spacial score (nSPS) is 12.1. The first-order chi connectivity index (χ1) is 10.1. The maximum atomic E-state index is 11.2. The highest BCUT2D eigenvalue weighted by Gasteiger charge is 2.08. The molecule has 1 aromatic carbocycles. The van der Waals surface area contributed by atoms with Crippen LogP contribution in [-0.4, -0.2) is 13.1 Å². The van der Waals surface area contributed by atoms with Crippen molar-refractivity contribution < 1.29 is 9.53 Å². The maximum Gasteiger partial charge on any atom is 0.310 e. The first kappa shape index (κ1) is 16.2. The second kappa shape index (κ2) is 7.73. The highest BCUT2D eigenvalue weighted by molar-refractivity contribution is 9.10. The van der Waals surface area contributed by atoms with Crippen LogP contribution in [0.2, 0.25) is 0 Å². The van der Waals surface area contributed by atoms with Crippen LogP contribution in [0.3, 0.4) is 0 Å². The minimum absolute atomic E-state index is 0.195. The highest BCUT2D eigenvalue weighted by Crippen LogP contribution is 2.21. The van der Waals surface area contributed by atoms with E-state index in [2.05, 4.69) is 51.1 Å². The molecule has 0 spiro atoms. The van der Waals surface area contributed by atoms with E-state index in [4.69, 9.17) is 0 Å². The second-order valence-electron chi connectivity index (χ2n) is 4.78. The number of hydrogen-bond donors (Lipinski definition) is 1. The number of rotatable bonds is 6. The maximum absolute atomic E-state index is 11.2. The lowest BCUT2D eigenvalue weighted by atomic mass is 10.1. The molecule has 1 heterocycles. The fraction of sp³-hybridized carbons (Fsp3) is 0.312. The molecule has 1 N–H and O–H groups in total. The van der Waals surface area contributed by atoms with Gasteiger partial charge in [-0.25, -0.2) is 0 Å². The Morgan fingerprint density at radius 2 is 2.10 bits per heavy atom. The molecule has 1 atom stereocenters. The summed E-state index contributed by atoms with van der Waals surface area (Å²) < 4.78 is 5.77. The van der Waals surface area contributed by atoms with E-state index in [0.29, 0.717) is 6.42 Å². The van der Waals surface area contributed by atoms with Gasteiger partial charge in [0.25, 0.3) is 0 Å². The molecule has 0 aliphatic carbocycles. The number of esters is 1. The molecule has 2 aromatic rings. The Hall–Kier alpha value is -1.17. The van der Waals surface area contributed by atoms with Gasteiger partial charge in [0.1, 0.15) is 0 Å². The van der Waals surface area contributed by atoms with E-state index in [9.17, 15) is 4.79 Å². The quantitative estimate of drug-likeness (QED) is 0.781. The van der Waals surface area contributed by atoms with Crippen molar-refractivity contribution in [1.82, 2.24) is 5.32 Å². The molecule has 0 unspecified atom stereocenters. The Balaban J connectivity index is 1.89. The lowest BCUT2D eigenvalue weighted by Gasteiger charge is -2.13. The van der Waals surface area contributed by atoms with Gasteiger partial charge in [-0.05, 0) is 36.8 Å². The fourth-order valence-electron chi connectivity index (χ4n) is 1.97. The van der Waals surface area contributed by atoms with Gasteiger partial charge in [0.15, 0.2) is 0 Å². The van der Waals surface area contributed by atoms with E-state index in [0.717, 1.165) is 15.9 Å². The molecule has 5 heteroatoms. The monoisotopic (exact) mass is 367 g/mol. The summed E-state index contributed by atoms with van der Waals surface area (Å²) in [6.45, 7) is 2.93. The summed E-state index contributed by atoms with van der Waals surface area (Å²) in [6, 6.07) is 12.6. The molecule has 2 rings (SSSR count). The lowest BCUT2D eigenvalue weighted by Crippen LogP contribution is -2.17. The van der Waals surface area contributed by atoms with Crippen molar-refractivity contribution in [1.29, 1.82) is 0 Å². The summed E-state index contributed by atoms with van der Waals surface area (Å²) in [7, 11) is 1.41. The predicted molar refractivity (Wildman–Crippen MR) is 89.4 cm³/mol. The molecule has 0 saturated heterocycles. The summed E-state index contributed by atoms with van der Waals surface area (Å²) in [6.07, 6.45) is 0.350. The van der Waals surface area contributed by atoms with Crippen molar-refractivity contribution in [3.05, 3.63) is 56.2 Å². The van der Waals surface area contributed by atoms with Gasteiger partial charge >= 0.3 is 5.97 Å². The van der Waals surface area contributed by atoms with Crippen LogP contribution in [-0.2, 0) is 22.5 Å². The van der Waals surface area contributed by atoms with Gasteiger partial charge in [-0.2, -0.15) is 0 Å². The van der Waals surface area contributed by atoms with E-state index in [1.807, 2.05) is 18.2 Å². The van der Waals surface area contributed by atoms with Crippen LogP contribution in [0.15, 0.2) is 40.9 Å². The number of methoxy groups -OCH3 is 1. The smallest absolute Gasteiger partial charge is 0.310 e. The standard InChI is InChI=1S/C16H18BrNO2S/c1-11(12-4-3-5-13(17)8-12)18-10-15-7-6-14(21-15)9-16(19)20-2/h3-8,11,18H,9-10H2,1-2H3/t11-/m1/s1. The third-order valence-electron chi connectivity index (χ3n) is 3.19. The number of ether oxygens (including phenoxy) is 1. The van der Waals surface area contributed by atoms with Gasteiger partial charge in [0.2, 0.25) is 0 Å². The average molecular weight is 368 g/mol. The number of nitrogens with one attached hydrogen (secondary N) is 1. The minimum Gasteiger partial charge on any atom is -0.469 e. The van der Waals surface area contributed by atoms with E-state index in [1.165, 1.54) is 17.6 Å². The van der Waals surface area contributed by atoms with Crippen LogP contribution in [0.1, 0.15) is 28.3 Å². The number of carbonyl (C=O) groups excluding carboxylic acids is 1. The molecule has 0 radical (unpaired) electrons.